The third kappa shape index (κ3) is 4.91. The molecular weight excluding hydrogens is 416 g/mol. The summed E-state index contributed by atoms with van der Waals surface area (Å²) in [5.74, 6) is 1.16. The highest BCUT2D eigenvalue weighted by molar-refractivity contribution is 6.03. The molecule has 5 rings (SSSR count). The second-order valence-electron chi connectivity index (χ2n) is 7.46. The van der Waals surface area contributed by atoms with Crippen LogP contribution in [0.5, 0.6) is 5.75 Å². The first kappa shape index (κ1) is 20.5. The van der Waals surface area contributed by atoms with E-state index in [1.807, 2.05) is 60.7 Å². The van der Waals surface area contributed by atoms with Crippen LogP contribution in [0.2, 0.25) is 0 Å². The second kappa shape index (κ2) is 9.37. The lowest BCUT2D eigenvalue weighted by molar-refractivity contribution is 0.102. The summed E-state index contributed by atoms with van der Waals surface area (Å²) in [6.07, 6.45) is 2.44. The van der Waals surface area contributed by atoms with Crippen LogP contribution < -0.4 is 26.4 Å². The van der Waals surface area contributed by atoms with Crippen molar-refractivity contribution >= 4 is 23.1 Å². The molecule has 0 saturated heterocycles. The van der Waals surface area contributed by atoms with Crippen LogP contribution >= 0.6 is 0 Å². The summed E-state index contributed by atoms with van der Waals surface area (Å²) in [5, 5.41) is 2.88. The third-order valence-corrected chi connectivity index (χ3v) is 5.18. The number of nitrogens with one attached hydrogen (secondary N) is 4. The van der Waals surface area contributed by atoms with E-state index < -0.39 is 0 Å². The fourth-order valence-corrected chi connectivity index (χ4v) is 3.45. The number of carbonyl (C=O) groups is 1. The first-order valence-corrected chi connectivity index (χ1v) is 10.6. The highest BCUT2D eigenvalue weighted by Gasteiger charge is 2.14. The standard InChI is InChI=1S/C25H22N6O2/c32-25(23-16-18(12-14-26-23)21-10-11-22-24(28-21)30-31-29-22)27-19-6-8-20(9-7-19)33-15-13-17-4-2-1-3-5-17/h1-12,14,16,29,31H,13,15H2,(H,27,32)(H,28,30). The van der Waals surface area contributed by atoms with Crippen molar-refractivity contribution in [3.8, 4) is 17.0 Å². The molecule has 1 amide bonds. The quantitative estimate of drug-likeness (QED) is 0.342. The number of ether oxygens (including phenoxy) is 1. The Hall–Kier alpha value is -4.43. The van der Waals surface area contributed by atoms with Crippen molar-refractivity contribution in [2.75, 3.05) is 22.8 Å². The number of amides is 1. The minimum atomic E-state index is -0.294. The molecule has 33 heavy (non-hydrogen) atoms. The van der Waals surface area contributed by atoms with Crippen LogP contribution in [0.25, 0.3) is 11.3 Å². The lowest BCUT2D eigenvalue weighted by Crippen LogP contribution is -2.19. The van der Waals surface area contributed by atoms with E-state index in [1.54, 1.807) is 12.3 Å². The molecule has 0 atom stereocenters. The Labute approximate surface area is 191 Å². The number of hydrazine groups is 2. The molecule has 4 N–H and O–H groups in total. The maximum atomic E-state index is 12.7. The third-order valence-electron chi connectivity index (χ3n) is 5.18. The second-order valence-corrected chi connectivity index (χ2v) is 7.46. The van der Waals surface area contributed by atoms with Gasteiger partial charge in [-0.3, -0.25) is 15.2 Å². The van der Waals surface area contributed by atoms with Crippen molar-refractivity contribution in [2.24, 2.45) is 0 Å². The number of hydrogen-bond donors (Lipinski definition) is 4. The van der Waals surface area contributed by atoms with Gasteiger partial charge in [-0.05, 0) is 54.1 Å². The molecule has 0 fully saturated rings. The van der Waals surface area contributed by atoms with Crippen LogP contribution in [0.3, 0.4) is 0 Å². The summed E-state index contributed by atoms with van der Waals surface area (Å²) in [6, 6.07) is 24.8. The molecule has 0 bridgehead atoms. The van der Waals surface area contributed by atoms with Gasteiger partial charge in [0.1, 0.15) is 11.4 Å². The number of aromatic nitrogens is 2. The Kier molecular flexibility index (Phi) is 5.81. The van der Waals surface area contributed by atoms with Crippen molar-refractivity contribution in [2.45, 2.75) is 6.42 Å². The lowest BCUT2D eigenvalue weighted by Gasteiger charge is -2.09. The fraction of sp³-hybridized carbons (Fsp3) is 0.0800. The molecule has 0 aliphatic carbocycles. The number of pyridine rings is 2. The molecule has 8 heteroatoms. The van der Waals surface area contributed by atoms with Gasteiger partial charge in [0.2, 0.25) is 0 Å². The molecule has 2 aromatic carbocycles. The minimum absolute atomic E-state index is 0.294. The molecule has 2 aromatic heterocycles. The number of benzene rings is 2. The molecule has 0 unspecified atom stereocenters. The van der Waals surface area contributed by atoms with Crippen LogP contribution in [0, 0.1) is 0 Å². The van der Waals surface area contributed by atoms with Crippen molar-refractivity contribution in [1.82, 2.24) is 15.5 Å². The van der Waals surface area contributed by atoms with Crippen LogP contribution in [0.15, 0.2) is 85.1 Å². The van der Waals surface area contributed by atoms with Gasteiger partial charge in [0.25, 0.3) is 5.91 Å². The molecule has 3 heterocycles. The van der Waals surface area contributed by atoms with Gasteiger partial charge in [-0.1, -0.05) is 30.3 Å². The van der Waals surface area contributed by atoms with Gasteiger partial charge >= 0.3 is 0 Å². The predicted molar refractivity (Wildman–Crippen MR) is 128 cm³/mol. The highest BCUT2D eigenvalue weighted by atomic mass is 16.5. The molecule has 4 aromatic rings. The number of nitrogens with zero attached hydrogens (tertiary/aromatic N) is 2. The van der Waals surface area contributed by atoms with Gasteiger partial charge < -0.3 is 15.5 Å². The van der Waals surface area contributed by atoms with Crippen molar-refractivity contribution in [3.05, 3.63) is 96.3 Å². The molecule has 1 aliphatic rings. The van der Waals surface area contributed by atoms with Crippen LogP contribution in [0.1, 0.15) is 16.1 Å². The molecule has 164 valence electrons. The minimum Gasteiger partial charge on any atom is -0.493 e. The Morgan fingerprint density at radius 2 is 1.79 bits per heavy atom. The Balaban J connectivity index is 1.20. The average molecular weight is 438 g/mol. The Morgan fingerprint density at radius 1 is 0.939 bits per heavy atom. The summed E-state index contributed by atoms with van der Waals surface area (Å²) in [4.78, 5) is 21.5. The van der Waals surface area contributed by atoms with Crippen LogP contribution in [-0.4, -0.2) is 22.5 Å². The lowest BCUT2D eigenvalue weighted by atomic mass is 10.1. The largest absolute Gasteiger partial charge is 0.493 e. The van der Waals surface area contributed by atoms with E-state index >= 15 is 0 Å². The summed E-state index contributed by atoms with van der Waals surface area (Å²) >= 11 is 0. The van der Waals surface area contributed by atoms with Crippen molar-refractivity contribution in [3.63, 3.8) is 0 Å². The van der Waals surface area contributed by atoms with Crippen molar-refractivity contribution in [1.29, 1.82) is 0 Å². The molecule has 8 nitrogen and oxygen atoms in total. The predicted octanol–water partition coefficient (Wildman–Crippen LogP) is 4.27. The van der Waals surface area contributed by atoms with Gasteiger partial charge in [0.15, 0.2) is 5.82 Å². The fourth-order valence-electron chi connectivity index (χ4n) is 3.45. The number of fused-ring (bicyclic) bond motifs is 1. The Morgan fingerprint density at radius 3 is 2.64 bits per heavy atom. The number of hydrogen-bond acceptors (Lipinski definition) is 7. The van der Waals surface area contributed by atoms with E-state index in [0.29, 0.717) is 23.8 Å². The zero-order valence-corrected chi connectivity index (χ0v) is 17.7. The summed E-state index contributed by atoms with van der Waals surface area (Å²) in [6.45, 7) is 0.588. The topological polar surface area (TPSA) is 100 Å². The maximum Gasteiger partial charge on any atom is 0.274 e. The van der Waals surface area contributed by atoms with E-state index in [-0.39, 0.29) is 5.91 Å². The smallest absolute Gasteiger partial charge is 0.274 e. The monoisotopic (exact) mass is 438 g/mol. The molecule has 0 saturated carbocycles. The highest BCUT2D eigenvalue weighted by Crippen LogP contribution is 2.27. The molecule has 0 radical (unpaired) electrons. The maximum absolute atomic E-state index is 12.7. The summed E-state index contributed by atoms with van der Waals surface area (Å²) < 4.78 is 5.80. The SMILES string of the molecule is O=C(Nc1ccc(OCCc2ccccc2)cc1)c1cc(-c2ccc3c(n2)NNN3)ccn1. The van der Waals surface area contributed by atoms with Gasteiger partial charge in [-0.2, -0.15) is 0 Å². The van der Waals surface area contributed by atoms with E-state index in [0.717, 1.165) is 29.1 Å². The van der Waals surface area contributed by atoms with Crippen LogP contribution in [-0.2, 0) is 6.42 Å². The summed E-state index contributed by atoms with van der Waals surface area (Å²) in [7, 11) is 0. The van der Waals surface area contributed by atoms with E-state index in [2.05, 4.69) is 43.8 Å². The van der Waals surface area contributed by atoms with Gasteiger partial charge in [-0.15, -0.1) is 5.53 Å². The zero-order chi connectivity index (χ0) is 22.5. The average Bonchev–Trinajstić information content (AvgIpc) is 3.34. The number of rotatable bonds is 7. The summed E-state index contributed by atoms with van der Waals surface area (Å²) in [5.41, 5.74) is 13.3. The number of anilines is 3. The Bertz CT molecular complexity index is 1260. The van der Waals surface area contributed by atoms with Crippen LogP contribution in [0.4, 0.5) is 17.2 Å². The van der Waals surface area contributed by atoms with Gasteiger partial charge in [-0.25, -0.2) is 4.98 Å². The number of carbonyl (C=O) groups excluding carboxylic acids is 1. The van der Waals surface area contributed by atoms with E-state index in [9.17, 15) is 4.79 Å². The van der Waals surface area contributed by atoms with Gasteiger partial charge in [0, 0.05) is 23.9 Å². The van der Waals surface area contributed by atoms with E-state index in [1.165, 1.54) is 5.56 Å². The normalized spacial score (nSPS) is 11.8. The zero-order valence-electron chi connectivity index (χ0n) is 17.7. The molecular formula is C25H22N6O2. The van der Waals surface area contributed by atoms with Crippen molar-refractivity contribution < 1.29 is 9.53 Å². The molecule has 0 spiro atoms. The first-order valence-electron chi connectivity index (χ1n) is 10.6. The van der Waals surface area contributed by atoms with E-state index in [4.69, 9.17) is 4.74 Å². The first-order chi connectivity index (χ1) is 16.2. The molecule has 1 aliphatic heterocycles. The van der Waals surface area contributed by atoms with Gasteiger partial charge in [0.05, 0.1) is 18.0 Å².